The minimum atomic E-state index is 0.712. The summed E-state index contributed by atoms with van der Waals surface area (Å²) >= 11 is 0. The molecule has 2 rings (SSSR count). The predicted octanol–water partition coefficient (Wildman–Crippen LogP) is 1.73. The van der Waals surface area contributed by atoms with E-state index >= 15 is 0 Å². The van der Waals surface area contributed by atoms with Gasteiger partial charge in [0.2, 0.25) is 0 Å². The molecule has 100 valence electrons. The number of piperazine rings is 1. The quantitative estimate of drug-likeness (QED) is 0.810. The van der Waals surface area contributed by atoms with Gasteiger partial charge in [0.05, 0.1) is 0 Å². The molecule has 2 aliphatic rings. The van der Waals surface area contributed by atoms with E-state index in [0.717, 1.165) is 25.0 Å². The summed E-state index contributed by atoms with van der Waals surface area (Å²) in [6.45, 7) is 11.5. The third-order valence-electron chi connectivity index (χ3n) is 3.95. The molecule has 3 nitrogen and oxygen atoms in total. The van der Waals surface area contributed by atoms with Gasteiger partial charge in [-0.25, -0.2) is 0 Å². The van der Waals surface area contributed by atoms with Crippen molar-refractivity contribution in [1.29, 1.82) is 0 Å². The van der Waals surface area contributed by atoms with Crippen molar-refractivity contribution < 1.29 is 4.74 Å². The fourth-order valence-electron chi connectivity index (χ4n) is 3.08. The normalized spacial score (nSPS) is 28.8. The average molecular weight is 240 g/mol. The Bertz CT molecular complexity index is 214. The lowest BCUT2D eigenvalue weighted by atomic mass is 9.97. The third kappa shape index (κ3) is 4.57. The highest BCUT2D eigenvalue weighted by atomic mass is 16.5. The van der Waals surface area contributed by atoms with Gasteiger partial charge in [0.1, 0.15) is 0 Å². The minimum Gasteiger partial charge on any atom is -0.381 e. The second-order valence-electron chi connectivity index (χ2n) is 6.10. The molecule has 0 aromatic carbocycles. The van der Waals surface area contributed by atoms with Crippen molar-refractivity contribution in [2.75, 3.05) is 39.4 Å². The Morgan fingerprint density at radius 2 is 2.06 bits per heavy atom. The Morgan fingerprint density at radius 1 is 1.29 bits per heavy atom. The highest BCUT2D eigenvalue weighted by Gasteiger charge is 2.23. The van der Waals surface area contributed by atoms with Crippen LogP contribution in [0, 0.1) is 11.8 Å². The van der Waals surface area contributed by atoms with Crippen LogP contribution in [0.4, 0.5) is 0 Å². The van der Waals surface area contributed by atoms with E-state index in [-0.39, 0.29) is 0 Å². The van der Waals surface area contributed by atoms with Crippen LogP contribution in [0.5, 0.6) is 0 Å². The molecule has 0 spiro atoms. The van der Waals surface area contributed by atoms with Crippen molar-refractivity contribution in [2.45, 2.75) is 39.2 Å². The maximum Gasteiger partial charge on any atom is 0.0469 e. The molecule has 0 radical (unpaired) electrons. The van der Waals surface area contributed by atoms with Gasteiger partial charge in [-0.2, -0.15) is 0 Å². The molecule has 3 heteroatoms. The third-order valence-corrected chi connectivity index (χ3v) is 3.95. The van der Waals surface area contributed by atoms with Gasteiger partial charge < -0.3 is 15.0 Å². The van der Waals surface area contributed by atoms with Crippen LogP contribution in [0.1, 0.15) is 33.1 Å². The number of rotatable bonds is 4. The van der Waals surface area contributed by atoms with E-state index in [0.29, 0.717) is 6.04 Å². The molecule has 2 aliphatic heterocycles. The van der Waals surface area contributed by atoms with Gasteiger partial charge in [-0.1, -0.05) is 13.8 Å². The number of hydrogen-bond donors (Lipinski definition) is 1. The van der Waals surface area contributed by atoms with E-state index in [1.165, 1.54) is 45.4 Å². The van der Waals surface area contributed by atoms with Gasteiger partial charge in [0.15, 0.2) is 0 Å². The van der Waals surface area contributed by atoms with Crippen molar-refractivity contribution in [3.8, 4) is 0 Å². The molecule has 17 heavy (non-hydrogen) atoms. The van der Waals surface area contributed by atoms with E-state index in [2.05, 4.69) is 24.1 Å². The maximum absolute atomic E-state index is 5.43. The first-order chi connectivity index (χ1) is 8.24. The summed E-state index contributed by atoms with van der Waals surface area (Å²) in [5, 5.41) is 3.65. The molecule has 0 amide bonds. The Hall–Kier alpha value is -0.120. The topological polar surface area (TPSA) is 24.5 Å². The zero-order valence-electron chi connectivity index (χ0n) is 11.5. The zero-order chi connectivity index (χ0) is 12.1. The van der Waals surface area contributed by atoms with Crippen LogP contribution in [0.25, 0.3) is 0 Å². The van der Waals surface area contributed by atoms with Gasteiger partial charge in [-0.3, -0.25) is 0 Å². The number of nitrogens with zero attached hydrogens (tertiary/aromatic N) is 1. The van der Waals surface area contributed by atoms with Gasteiger partial charge in [-0.05, 0) is 31.1 Å². The summed E-state index contributed by atoms with van der Waals surface area (Å²) in [4.78, 5) is 2.67. The molecule has 2 heterocycles. The second-order valence-corrected chi connectivity index (χ2v) is 6.10. The van der Waals surface area contributed by atoms with Crippen LogP contribution in [-0.2, 0) is 4.74 Å². The maximum atomic E-state index is 5.43. The minimum absolute atomic E-state index is 0.712. The summed E-state index contributed by atoms with van der Waals surface area (Å²) in [5.41, 5.74) is 0. The molecule has 1 atom stereocenters. The molecule has 2 saturated heterocycles. The van der Waals surface area contributed by atoms with Crippen molar-refractivity contribution in [3.05, 3.63) is 0 Å². The molecule has 1 N–H and O–H groups in total. The lowest BCUT2D eigenvalue weighted by Gasteiger charge is -2.37. The number of nitrogens with one attached hydrogen (secondary N) is 1. The first-order valence-corrected chi connectivity index (χ1v) is 7.27. The van der Waals surface area contributed by atoms with E-state index < -0.39 is 0 Å². The van der Waals surface area contributed by atoms with Crippen LogP contribution >= 0.6 is 0 Å². The first kappa shape index (κ1) is 13.3. The number of ether oxygens (including phenoxy) is 1. The van der Waals surface area contributed by atoms with E-state index in [4.69, 9.17) is 4.74 Å². The SMILES string of the molecule is CC(C)CC1CN(CC2CCOCC2)CCN1. The summed E-state index contributed by atoms with van der Waals surface area (Å²) in [7, 11) is 0. The van der Waals surface area contributed by atoms with Gasteiger partial charge >= 0.3 is 0 Å². The number of hydrogen-bond acceptors (Lipinski definition) is 3. The van der Waals surface area contributed by atoms with Crippen LogP contribution in [0.15, 0.2) is 0 Å². The van der Waals surface area contributed by atoms with E-state index in [1.807, 2.05) is 0 Å². The fourth-order valence-corrected chi connectivity index (χ4v) is 3.08. The standard InChI is InChI=1S/C14H28N2O/c1-12(2)9-14-11-16(6-5-15-14)10-13-3-7-17-8-4-13/h12-15H,3-11H2,1-2H3. The van der Waals surface area contributed by atoms with Crippen LogP contribution in [0.2, 0.25) is 0 Å². The predicted molar refractivity (Wildman–Crippen MR) is 71.2 cm³/mol. The van der Waals surface area contributed by atoms with E-state index in [1.54, 1.807) is 0 Å². The van der Waals surface area contributed by atoms with Crippen LogP contribution in [-0.4, -0.2) is 50.3 Å². The van der Waals surface area contributed by atoms with Crippen molar-refractivity contribution in [3.63, 3.8) is 0 Å². The molecule has 0 saturated carbocycles. The Morgan fingerprint density at radius 3 is 2.76 bits per heavy atom. The molecular formula is C14H28N2O. The zero-order valence-corrected chi connectivity index (χ0v) is 11.5. The Balaban J connectivity index is 1.72. The van der Waals surface area contributed by atoms with Gasteiger partial charge in [0, 0.05) is 45.4 Å². The van der Waals surface area contributed by atoms with Crippen molar-refractivity contribution in [1.82, 2.24) is 10.2 Å². The molecule has 0 bridgehead atoms. The smallest absolute Gasteiger partial charge is 0.0469 e. The summed E-state index contributed by atoms with van der Waals surface area (Å²) in [5.74, 6) is 1.68. The molecule has 2 fully saturated rings. The Labute approximate surface area is 106 Å². The molecule has 1 unspecified atom stereocenters. The Kier molecular flexibility index (Phi) is 5.26. The summed E-state index contributed by atoms with van der Waals surface area (Å²) in [6.07, 6.45) is 3.84. The lowest BCUT2D eigenvalue weighted by molar-refractivity contribution is 0.0473. The van der Waals surface area contributed by atoms with Gasteiger partial charge in [-0.15, -0.1) is 0 Å². The van der Waals surface area contributed by atoms with Crippen molar-refractivity contribution in [2.24, 2.45) is 11.8 Å². The largest absolute Gasteiger partial charge is 0.381 e. The lowest BCUT2D eigenvalue weighted by Crippen LogP contribution is -2.52. The molecule has 0 aliphatic carbocycles. The summed E-state index contributed by atoms with van der Waals surface area (Å²) < 4.78 is 5.43. The second kappa shape index (κ2) is 6.72. The average Bonchev–Trinajstić information content (AvgIpc) is 2.30. The molecule has 0 aromatic rings. The highest BCUT2D eigenvalue weighted by molar-refractivity contribution is 4.81. The van der Waals surface area contributed by atoms with E-state index in [9.17, 15) is 0 Å². The van der Waals surface area contributed by atoms with Crippen LogP contribution in [0.3, 0.4) is 0 Å². The van der Waals surface area contributed by atoms with Crippen molar-refractivity contribution >= 4 is 0 Å². The monoisotopic (exact) mass is 240 g/mol. The van der Waals surface area contributed by atoms with Crippen LogP contribution < -0.4 is 5.32 Å². The molecular weight excluding hydrogens is 212 g/mol. The highest BCUT2D eigenvalue weighted by Crippen LogP contribution is 2.18. The fraction of sp³-hybridized carbons (Fsp3) is 1.00. The molecule has 0 aromatic heterocycles. The summed E-state index contributed by atoms with van der Waals surface area (Å²) in [6, 6.07) is 0.712. The van der Waals surface area contributed by atoms with Gasteiger partial charge in [0.25, 0.3) is 0 Å². The first-order valence-electron chi connectivity index (χ1n) is 7.27.